The van der Waals surface area contributed by atoms with E-state index in [1.165, 1.54) is 6.42 Å². The molecule has 2 rings (SSSR count). The van der Waals surface area contributed by atoms with E-state index in [2.05, 4.69) is 5.32 Å². The first kappa shape index (κ1) is 14.3. The van der Waals surface area contributed by atoms with Crippen LogP contribution in [0.15, 0.2) is 0 Å². The molecule has 0 aromatic carbocycles. The summed E-state index contributed by atoms with van der Waals surface area (Å²) in [6.45, 7) is 3.64. The fraction of sp³-hybridized carbons (Fsp3) is 0.857. The van der Waals surface area contributed by atoms with E-state index in [0.29, 0.717) is 24.7 Å². The first-order valence-electron chi connectivity index (χ1n) is 7.42. The Labute approximate surface area is 114 Å². The molecule has 0 spiro atoms. The van der Waals surface area contributed by atoms with Crippen LogP contribution in [-0.2, 0) is 9.59 Å². The van der Waals surface area contributed by atoms with Gasteiger partial charge in [0.05, 0.1) is 0 Å². The normalized spacial score (nSPS) is 25.3. The number of piperidine rings is 2. The number of likely N-dealkylation sites (tertiary alicyclic amines) is 1. The van der Waals surface area contributed by atoms with E-state index < -0.39 is 0 Å². The van der Waals surface area contributed by atoms with E-state index >= 15 is 0 Å². The molecule has 0 radical (unpaired) electrons. The lowest BCUT2D eigenvalue weighted by atomic mass is 9.91. The minimum absolute atomic E-state index is 0.224. The zero-order valence-electron chi connectivity index (χ0n) is 11.6. The molecule has 0 saturated carbocycles. The van der Waals surface area contributed by atoms with Crippen molar-refractivity contribution >= 4 is 11.8 Å². The van der Waals surface area contributed by atoms with Crippen LogP contribution in [0.5, 0.6) is 0 Å². The second kappa shape index (κ2) is 6.89. The number of nitrogens with zero attached hydrogens (tertiary/aromatic N) is 1. The van der Waals surface area contributed by atoms with Gasteiger partial charge in [0.2, 0.25) is 11.8 Å². The maximum atomic E-state index is 12.2. The van der Waals surface area contributed by atoms with Crippen LogP contribution >= 0.6 is 0 Å². The standard InChI is InChI=1S/C14H25N3O2/c15-13(18)8-11-3-6-17(7-4-11)14(19)9-12-2-1-5-16-10-12/h11-12,16H,1-10H2,(H2,15,18). The Morgan fingerprint density at radius 2 is 1.84 bits per heavy atom. The third-order valence-corrected chi connectivity index (χ3v) is 4.32. The van der Waals surface area contributed by atoms with Gasteiger partial charge in [-0.05, 0) is 50.6 Å². The Kier molecular flexibility index (Phi) is 5.19. The first-order chi connectivity index (χ1) is 9.15. The topological polar surface area (TPSA) is 75.4 Å². The Morgan fingerprint density at radius 3 is 2.42 bits per heavy atom. The van der Waals surface area contributed by atoms with E-state index in [9.17, 15) is 9.59 Å². The van der Waals surface area contributed by atoms with Crippen molar-refractivity contribution in [3.05, 3.63) is 0 Å². The van der Waals surface area contributed by atoms with E-state index in [4.69, 9.17) is 5.73 Å². The second-order valence-corrected chi connectivity index (χ2v) is 5.91. The summed E-state index contributed by atoms with van der Waals surface area (Å²) in [4.78, 5) is 25.0. The summed E-state index contributed by atoms with van der Waals surface area (Å²) in [6.07, 6.45) is 5.31. The van der Waals surface area contributed by atoms with Crippen LogP contribution in [0.25, 0.3) is 0 Å². The van der Waals surface area contributed by atoms with Crippen molar-refractivity contribution in [1.82, 2.24) is 10.2 Å². The maximum absolute atomic E-state index is 12.2. The lowest BCUT2D eigenvalue weighted by Gasteiger charge is -2.33. The van der Waals surface area contributed by atoms with Crippen LogP contribution in [0.4, 0.5) is 0 Å². The fourth-order valence-corrected chi connectivity index (χ4v) is 3.15. The van der Waals surface area contributed by atoms with E-state index in [-0.39, 0.29) is 11.8 Å². The second-order valence-electron chi connectivity index (χ2n) is 5.91. The van der Waals surface area contributed by atoms with Crippen molar-refractivity contribution in [2.24, 2.45) is 17.6 Å². The van der Waals surface area contributed by atoms with Crippen molar-refractivity contribution in [3.8, 4) is 0 Å². The minimum Gasteiger partial charge on any atom is -0.370 e. The van der Waals surface area contributed by atoms with Gasteiger partial charge < -0.3 is 16.0 Å². The monoisotopic (exact) mass is 267 g/mol. The average molecular weight is 267 g/mol. The molecule has 0 aliphatic carbocycles. The maximum Gasteiger partial charge on any atom is 0.222 e. The quantitative estimate of drug-likeness (QED) is 0.778. The average Bonchev–Trinajstić information content (AvgIpc) is 2.40. The predicted molar refractivity (Wildman–Crippen MR) is 73.3 cm³/mol. The molecule has 2 amide bonds. The number of amides is 2. The summed E-state index contributed by atoms with van der Waals surface area (Å²) < 4.78 is 0. The predicted octanol–water partition coefficient (Wildman–Crippen LogP) is 0.490. The Hall–Kier alpha value is -1.10. The zero-order valence-corrected chi connectivity index (χ0v) is 11.6. The van der Waals surface area contributed by atoms with Gasteiger partial charge in [0, 0.05) is 25.9 Å². The fourth-order valence-electron chi connectivity index (χ4n) is 3.15. The molecule has 2 saturated heterocycles. The van der Waals surface area contributed by atoms with Gasteiger partial charge in [-0.1, -0.05) is 0 Å². The molecule has 0 aromatic heterocycles. The van der Waals surface area contributed by atoms with Crippen LogP contribution in [0.2, 0.25) is 0 Å². The number of carbonyl (C=O) groups excluding carboxylic acids is 2. The Balaban J connectivity index is 1.71. The van der Waals surface area contributed by atoms with E-state index in [1.54, 1.807) is 0 Å². The van der Waals surface area contributed by atoms with Gasteiger partial charge in [-0.2, -0.15) is 0 Å². The van der Waals surface area contributed by atoms with Crippen LogP contribution in [0, 0.1) is 11.8 Å². The molecule has 5 heteroatoms. The molecular weight excluding hydrogens is 242 g/mol. The van der Waals surface area contributed by atoms with Gasteiger partial charge in [0.25, 0.3) is 0 Å². The van der Waals surface area contributed by atoms with Crippen molar-refractivity contribution in [2.75, 3.05) is 26.2 Å². The highest BCUT2D eigenvalue weighted by Gasteiger charge is 2.25. The number of hydrogen-bond acceptors (Lipinski definition) is 3. The number of nitrogens with one attached hydrogen (secondary N) is 1. The molecule has 108 valence electrons. The lowest BCUT2D eigenvalue weighted by molar-refractivity contribution is -0.133. The molecule has 1 unspecified atom stereocenters. The molecule has 3 N–H and O–H groups in total. The highest BCUT2D eigenvalue weighted by atomic mass is 16.2. The third-order valence-electron chi connectivity index (χ3n) is 4.32. The van der Waals surface area contributed by atoms with Gasteiger partial charge >= 0.3 is 0 Å². The van der Waals surface area contributed by atoms with Gasteiger partial charge in [-0.15, -0.1) is 0 Å². The van der Waals surface area contributed by atoms with Crippen molar-refractivity contribution in [2.45, 2.75) is 38.5 Å². The van der Waals surface area contributed by atoms with Crippen LogP contribution < -0.4 is 11.1 Å². The summed E-state index contributed by atoms with van der Waals surface area (Å²) in [5, 5.41) is 3.35. The number of primary amides is 1. The number of nitrogens with two attached hydrogens (primary N) is 1. The van der Waals surface area contributed by atoms with E-state index in [0.717, 1.165) is 45.4 Å². The number of carbonyl (C=O) groups is 2. The molecule has 2 fully saturated rings. The highest BCUT2D eigenvalue weighted by molar-refractivity contribution is 5.77. The Bertz CT molecular complexity index is 319. The van der Waals surface area contributed by atoms with Gasteiger partial charge in [-0.3, -0.25) is 9.59 Å². The molecule has 0 aromatic rings. The summed E-state index contributed by atoms with van der Waals surface area (Å²) in [6, 6.07) is 0. The van der Waals surface area contributed by atoms with Crippen LogP contribution in [0.1, 0.15) is 38.5 Å². The van der Waals surface area contributed by atoms with Crippen molar-refractivity contribution in [1.29, 1.82) is 0 Å². The molecule has 1 atom stereocenters. The molecular formula is C14H25N3O2. The highest BCUT2D eigenvalue weighted by Crippen LogP contribution is 2.22. The molecule has 5 nitrogen and oxygen atoms in total. The van der Waals surface area contributed by atoms with Crippen molar-refractivity contribution in [3.63, 3.8) is 0 Å². The lowest BCUT2D eigenvalue weighted by Crippen LogP contribution is -2.41. The SMILES string of the molecule is NC(=O)CC1CCN(C(=O)CC2CCCNC2)CC1. The first-order valence-corrected chi connectivity index (χ1v) is 7.42. The van der Waals surface area contributed by atoms with Crippen molar-refractivity contribution < 1.29 is 9.59 Å². The molecule has 2 aliphatic heterocycles. The molecule has 2 heterocycles. The summed E-state index contributed by atoms with van der Waals surface area (Å²) in [7, 11) is 0. The number of rotatable bonds is 4. The largest absolute Gasteiger partial charge is 0.370 e. The van der Waals surface area contributed by atoms with E-state index in [1.807, 2.05) is 4.90 Å². The molecule has 19 heavy (non-hydrogen) atoms. The summed E-state index contributed by atoms with van der Waals surface area (Å²) >= 11 is 0. The smallest absolute Gasteiger partial charge is 0.222 e. The zero-order chi connectivity index (χ0) is 13.7. The van der Waals surface area contributed by atoms with Crippen LogP contribution in [-0.4, -0.2) is 42.9 Å². The number of hydrogen-bond donors (Lipinski definition) is 2. The molecule has 0 bridgehead atoms. The Morgan fingerprint density at radius 1 is 1.11 bits per heavy atom. The minimum atomic E-state index is -0.224. The van der Waals surface area contributed by atoms with Gasteiger partial charge in [0.15, 0.2) is 0 Å². The van der Waals surface area contributed by atoms with Crippen LogP contribution in [0.3, 0.4) is 0 Å². The summed E-state index contributed by atoms with van der Waals surface area (Å²) in [5.74, 6) is 0.937. The third kappa shape index (κ3) is 4.49. The van der Waals surface area contributed by atoms with Gasteiger partial charge in [0.1, 0.15) is 0 Å². The molecule has 2 aliphatic rings. The van der Waals surface area contributed by atoms with Gasteiger partial charge in [-0.25, -0.2) is 0 Å². The summed E-state index contributed by atoms with van der Waals surface area (Å²) in [5.41, 5.74) is 5.21.